The van der Waals surface area contributed by atoms with E-state index in [-0.39, 0.29) is 4.90 Å². The first kappa shape index (κ1) is 15.5. The molecule has 0 spiro atoms. The van der Waals surface area contributed by atoms with Gasteiger partial charge in [-0.05, 0) is 49.1 Å². The summed E-state index contributed by atoms with van der Waals surface area (Å²) in [6.45, 7) is 4.58. The molecule has 0 aliphatic rings. The second-order valence-electron chi connectivity index (χ2n) is 5.12. The molecule has 21 heavy (non-hydrogen) atoms. The largest absolute Gasteiger partial charge is 0.384 e. The van der Waals surface area contributed by atoms with Crippen molar-refractivity contribution in [1.82, 2.24) is 0 Å². The van der Waals surface area contributed by atoms with E-state index in [0.717, 1.165) is 29.8 Å². The van der Waals surface area contributed by atoms with Crippen LogP contribution >= 0.6 is 0 Å². The maximum atomic E-state index is 11.5. The summed E-state index contributed by atoms with van der Waals surface area (Å²) in [4.78, 5) is 0.146. The minimum absolute atomic E-state index is 0.146. The average Bonchev–Trinajstić information content (AvgIpc) is 2.43. The zero-order valence-electron chi connectivity index (χ0n) is 12.3. The number of benzene rings is 2. The zero-order valence-corrected chi connectivity index (χ0v) is 13.1. The lowest BCUT2D eigenvalue weighted by Gasteiger charge is -2.13. The summed E-state index contributed by atoms with van der Waals surface area (Å²) < 4.78 is 23.0. The molecule has 0 aromatic heterocycles. The predicted octanol–water partition coefficient (Wildman–Crippen LogP) is 2.61. The number of nitrogens with one attached hydrogen (secondary N) is 1. The van der Waals surface area contributed by atoms with Crippen LogP contribution in [0.25, 0.3) is 0 Å². The van der Waals surface area contributed by atoms with Crippen LogP contribution in [-0.4, -0.2) is 15.0 Å². The van der Waals surface area contributed by atoms with Gasteiger partial charge in [0, 0.05) is 12.2 Å². The van der Waals surface area contributed by atoms with Crippen LogP contribution in [0, 0.1) is 13.8 Å². The molecule has 0 aliphatic carbocycles. The fraction of sp³-hybridized carbons (Fsp3) is 0.250. The number of aryl methyl sites for hydroxylation is 1. The fourth-order valence-corrected chi connectivity index (χ4v) is 2.78. The molecule has 0 saturated carbocycles. The van der Waals surface area contributed by atoms with Crippen molar-refractivity contribution in [2.24, 2.45) is 5.14 Å². The third-order valence-corrected chi connectivity index (χ3v) is 4.43. The zero-order chi connectivity index (χ0) is 15.5. The number of sulfonamides is 1. The van der Waals surface area contributed by atoms with Gasteiger partial charge in [0.1, 0.15) is 0 Å². The summed E-state index contributed by atoms with van der Waals surface area (Å²) in [5.74, 6) is 0. The van der Waals surface area contributed by atoms with E-state index in [1.807, 2.05) is 32.0 Å². The molecule has 0 radical (unpaired) electrons. The van der Waals surface area contributed by atoms with Crippen molar-refractivity contribution in [1.29, 1.82) is 0 Å². The van der Waals surface area contributed by atoms with Crippen LogP contribution in [0.4, 0.5) is 5.69 Å². The normalized spacial score (nSPS) is 11.4. The first-order chi connectivity index (χ1) is 9.88. The lowest BCUT2D eigenvalue weighted by atomic mass is 10.1. The highest BCUT2D eigenvalue weighted by atomic mass is 32.2. The quantitative estimate of drug-likeness (QED) is 0.892. The fourth-order valence-electron chi connectivity index (χ4n) is 2.16. The van der Waals surface area contributed by atoms with Gasteiger partial charge in [-0.3, -0.25) is 0 Å². The van der Waals surface area contributed by atoms with Crippen molar-refractivity contribution in [3.8, 4) is 0 Å². The molecule has 5 heteroatoms. The topological polar surface area (TPSA) is 72.2 Å². The van der Waals surface area contributed by atoms with Crippen LogP contribution in [0.1, 0.15) is 16.7 Å². The van der Waals surface area contributed by atoms with Crippen LogP contribution in [0.2, 0.25) is 0 Å². The standard InChI is InChI=1S/C16H20N2O2S/c1-12-10-15(21(17,19)20)11-16(13(12)2)18-9-8-14-6-4-3-5-7-14/h3-7,10-11,18H,8-9H2,1-2H3,(H2,17,19,20). The van der Waals surface area contributed by atoms with Crippen molar-refractivity contribution in [3.63, 3.8) is 0 Å². The molecule has 3 N–H and O–H groups in total. The minimum atomic E-state index is -3.68. The third-order valence-electron chi connectivity index (χ3n) is 3.54. The highest BCUT2D eigenvalue weighted by Gasteiger charge is 2.12. The molecular weight excluding hydrogens is 284 g/mol. The molecule has 0 unspecified atom stereocenters. The van der Waals surface area contributed by atoms with Crippen LogP contribution < -0.4 is 10.5 Å². The van der Waals surface area contributed by atoms with Crippen molar-refractivity contribution in [3.05, 3.63) is 59.2 Å². The van der Waals surface area contributed by atoms with E-state index in [1.54, 1.807) is 12.1 Å². The Morgan fingerprint density at radius 1 is 1.10 bits per heavy atom. The number of rotatable bonds is 5. The first-order valence-corrected chi connectivity index (χ1v) is 8.34. The predicted molar refractivity (Wildman–Crippen MR) is 85.9 cm³/mol. The van der Waals surface area contributed by atoms with Crippen LogP contribution in [0.15, 0.2) is 47.4 Å². The average molecular weight is 304 g/mol. The molecule has 0 saturated heterocycles. The highest BCUT2D eigenvalue weighted by Crippen LogP contribution is 2.23. The molecule has 0 amide bonds. The summed E-state index contributed by atoms with van der Waals surface area (Å²) >= 11 is 0. The molecule has 4 nitrogen and oxygen atoms in total. The van der Waals surface area contributed by atoms with Gasteiger partial charge in [-0.25, -0.2) is 13.6 Å². The lowest BCUT2D eigenvalue weighted by molar-refractivity contribution is 0.597. The molecule has 0 heterocycles. The van der Waals surface area contributed by atoms with Gasteiger partial charge in [0.05, 0.1) is 4.90 Å². The Bertz CT molecular complexity index is 725. The lowest BCUT2D eigenvalue weighted by Crippen LogP contribution is -2.14. The van der Waals surface area contributed by atoms with E-state index < -0.39 is 10.0 Å². The smallest absolute Gasteiger partial charge is 0.238 e. The van der Waals surface area contributed by atoms with Gasteiger partial charge < -0.3 is 5.32 Å². The Hall–Kier alpha value is -1.85. The molecular formula is C16H20N2O2S. The number of hydrogen-bond donors (Lipinski definition) is 2. The molecule has 0 fully saturated rings. The molecule has 2 aromatic carbocycles. The summed E-state index contributed by atoms with van der Waals surface area (Å²) in [7, 11) is -3.68. The molecule has 0 bridgehead atoms. The van der Waals surface area contributed by atoms with Crippen molar-refractivity contribution < 1.29 is 8.42 Å². The Balaban J connectivity index is 2.14. The minimum Gasteiger partial charge on any atom is -0.384 e. The van der Waals surface area contributed by atoms with Crippen LogP contribution in [0.3, 0.4) is 0 Å². The molecule has 2 aromatic rings. The van der Waals surface area contributed by atoms with Gasteiger partial charge >= 0.3 is 0 Å². The Labute approximate surface area is 126 Å². The number of anilines is 1. The summed E-state index contributed by atoms with van der Waals surface area (Å²) in [6.07, 6.45) is 0.874. The van der Waals surface area contributed by atoms with E-state index in [4.69, 9.17) is 5.14 Å². The molecule has 2 rings (SSSR count). The second-order valence-corrected chi connectivity index (χ2v) is 6.68. The van der Waals surface area contributed by atoms with Gasteiger partial charge in [-0.15, -0.1) is 0 Å². The monoisotopic (exact) mass is 304 g/mol. The van der Waals surface area contributed by atoms with Gasteiger partial charge in [0.15, 0.2) is 0 Å². The number of hydrogen-bond acceptors (Lipinski definition) is 3. The van der Waals surface area contributed by atoms with Gasteiger partial charge in [-0.1, -0.05) is 30.3 Å². The van der Waals surface area contributed by atoms with E-state index >= 15 is 0 Å². The Kier molecular flexibility index (Phi) is 4.65. The number of primary sulfonamides is 1. The van der Waals surface area contributed by atoms with Gasteiger partial charge in [0.2, 0.25) is 10.0 Å². The Morgan fingerprint density at radius 3 is 2.38 bits per heavy atom. The van der Waals surface area contributed by atoms with Gasteiger partial charge in [0.25, 0.3) is 0 Å². The van der Waals surface area contributed by atoms with E-state index in [1.165, 1.54) is 5.56 Å². The highest BCUT2D eigenvalue weighted by molar-refractivity contribution is 7.89. The Morgan fingerprint density at radius 2 is 1.76 bits per heavy atom. The van der Waals surface area contributed by atoms with Crippen molar-refractivity contribution >= 4 is 15.7 Å². The summed E-state index contributed by atoms with van der Waals surface area (Å²) in [6, 6.07) is 13.3. The molecule has 0 aliphatic heterocycles. The molecule has 0 atom stereocenters. The van der Waals surface area contributed by atoms with Gasteiger partial charge in [-0.2, -0.15) is 0 Å². The maximum absolute atomic E-state index is 11.5. The third kappa shape index (κ3) is 4.06. The van der Waals surface area contributed by atoms with E-state index in [9.17, 15) is 8.42 Å². The van der Waals surface area contributed by atoms with E-state index in [0.29, 0.717) is 0 Å². The van der Waals surface area contributed by atoms with Crippen molar-refractivity contribution in [2.45, 2.75) is 25.2 Å². The van der Waals surface area contributed by atoms with E-state index in [2.05, 4.69) is 17.4 Å². The van der Waals surface area contributed by atoms with Crippen LogP contribution in [-0.2, 0) is 16.4 Å². The summed E-state index contributed by atoms with van der Waals surface area (Å²) in [5.41, 5.74) is 4.00. The second kappa shape index (κ2) is 6.28. The first-order valence-electron chi connectivity index (χ1n) is 6.80. The SMILES string of the molecule is Cc1cc(S(N)(=O)=O)cc(NCCc2ccccc2)c1C. The molecule has 112 valence electrons. The number of nitrogens with two attached hydrogens (primary N) is 1. The summed E-state index contributed by atoms with van der Waals surface area (Å²) in [5, 5.41) is 8.50. The van der Waals surface area contributed by atoms with Crippen LogP contribution in [0.5, 0.6) is 0 Å². The van der Waals surface area contributed by atoms with Crippen molar-refractivity contribution in [2.75, 3.05) is 11.9 Å². The maximum Gasteiger partial charge on any atom is 0.238 e.